The van der Waals surface area contributed by atoms with Crippen LogP contribution in [0, 0.1) is 6.92 Å². The number of amides is 1. The number of aryl methyl sites for hydroxylation is 1. The van der Waals surface area contributed by atoms with Gasteiger partial charge < -0.3 is 10.6 Å². The highest BCUT2D eigenvalue weighted by Crippen LogP contribution is 2.32. The van der Waals surface area contributed by atoms with Crippen molar-refractivity contribution in [3.8, 4) is 0 Å². The van der Waals surface area contributed by atoms with Gasteiger partial charge in [0.25, 0.3) is 5.91 Å². The average molecular weight is 345 g/mol. The van der Waals surface area contributed by atoms with E-state index in [-0.39, 0.29) is 11.9 Å². The van der Waals surface area contributed by atoms with Gasteiger partial charge in [-0.25, -0.2) is 4.68 Å². The number of nitrogens with two attached hydrogens (primary N) is 1. The van der Waals surface area contributed by atoms with Gasteiger partial charge in [-0.3, -0.25) is 9.48 Å². The third kappa shape index (κ3) is 3.01. The first kappa shape index (κ1) is 17.4. The van der Waals surface area contributed by atoms with Crippen LogP contribution in [0.4, 0.5) is 5.95 Å². The molecule has 1 atom stereocenters. The van der Waals surface area contributed by atoms with Crippen molar-refractivity contribution in [3.63, 3.8) is 0 Å². The summed E-state index contributed by atoms with van der Waals surface area (Å²) in [6.45, 7) is 6.97. The number of hydrogen-bond donors (Lipinski definition) is 1. The summed E-state index contributed by atoms with van der Waals surface area (Å²) in [5, 5.41) is 8.85. The zero-order chi connectivity index (χ0) is 18.1. The molecule has 8 nitrogen and oxygen atoms in total. The summed E-state index contributed by atoms with van der Waals surface area (Å²) in [4.78, 5) is 19.3. The molecule has 0 aromatic carbocycles. The SMILES string of the molecule is CCC(CC)n1ncc(C(=O)N2CCCC2c2nc(N)n(C)n2)c1C. The number of carbonyl (C=O) groups is 1. The first-order valence-corrected chi connectivity index (χ1v) is 8.99. The van der Waals surface area contributed by atoms with Crippen molar-refractivity contribution in [2.24, 2.45) is 7.05 Å². The van der Waals surface area contributed by atoms with E-state index in [1.807, 2.05) is 16.5 Å². The first-order valence-electron chi connectivity index (χ1n) is 8.99. The standard InChI is InChI=1S/C17H27N7O/c1-5-12(6-2)24-11(3)13(10-19-24)16(25)23-9-7-8-14(23)15-20-17(18)22(4)21-15/h10,12,14H,5-9H2,1-4H3,(H2,18,20,21). The van der Waals surface area contributed by atoms with Crippen LogP contribution in [0.3, 0.4) is 0 Å². The highest BCUT2D eigenvalue weighted by molar-refractivity contribution is 5.95. The van der Waals surface area contributed by atoms with Crippen molar-refractivity contribution in [2.75, 3.05) is 12.3 Å². The van der Waals surface area contributed by atoms with Crippen LogP contribution in [0.15, 0.2) is 6.20 Å². The summed E-state index contributed by atoms with van der Waals surface area (Å²) < 4.78 is 3.53. The van der Waals surface area contributed by atoms with Gasteiger partial charge in [-0.1, -0.05) is 13.8 Å². The maximum atomic E-state index is 13.1. The van der Waals surface area contributed by atoms with Crippen LogP contribution in [0.25, 0.3) is 0 Å². The molecule has 1 aliphatic heterocycles. The third-order valence-electron chi connectivity index (χ3n) is 5.19. The largest absolute Gasteiger partial charge is 0.368 e. The fourth-order valence-electron chi connectivity index (χ4n) is 3.63. The van der Waals surface area contributed by atoms with Gasteiger partial charge in [0.2, 0.25) is 5.95 Å². The monoisotopic (exact) mass is 345 g/mol. The van der Waals surface area contributed by atoms with E-state index < -0.39 is 0 Å². The van der Waals surface area contributed by atoms with E-state index in [4.69, 9.17) is 5.73 Å². The molecule has 0 bridgehead atoms. The number of anilines is 1. The molecule has 1 aliphatic rings. The zero-order valence-corrected chi connectivity index (χ0v) is 15.4. The van der Waals surface area contributed by atoms with Gasteiger partial charge in [-0.05, 0) is 32.6 Å². The Morgan fingerprint density at radius 1 is 1.40 bits per heavy atom. The number of nitrogens with zero attached hydrogens (tertiary/aromatic N) is 6. The molecule has 2 aromatic heterocycles. The fraction of sp³-hybridized carbons (Fsp3) is 0.647. The number of likely N-dealkylation sites (tertiary alicyclic amines) is 1. The molecule has 2 aromatic rings. The van der Waals surface area contributed by atoms with E-state index in [1.54, 1.807) is 17.9 Å². The smallest absolute Gasteiger partial charge is 0.257 e. The van der Waals surface area contributed by atoms with Crippen LogP contribution in [0.5, 0.6) is 0 Å². The lowest BCUT2D eigenvalue weighted by Crippen LogP contribution is -2.31. The Hall–Kier alpha value is -2.38. The molecule has 1 saturated heterocycles. The molecule has 3 heterocycles. The molecule has 0 radical (unpaired) electrons. The highest BCUT2D eigenvalue weighted by Gasteiger charge is 2.35. The van der Waals surface area contributed by atoms with Crippen LogP contribution in [-0.2, 0) is 7.05 Å². The van der Waals surface area contributed by atoms with Gasteiger partial charge in [0, 0.05) is 19.3 Å². The summed E-state index contributed by atoms with van der Waals surface area (Å²) in [6, 6.07) is 0.208. The summed E-state index contributed by atoms with van der Waals surface area (Å²) in [5.41, 5.74) is 7.40. The van der Waals surface area contributed by atoms with E-state index in [0.29, 0.717) is 29.9 Å². The summed E-state index contributed by atoms with van der Waals surface area (Å²) in [7, 11) is 1.76. The number of rotatable bonds is 5. The van der Waals surface area contributed by atoms with Gasteiger partial charge in [0.15, 0.2) is 5.82 Å². The quantitative estimate of drug-likeness (QED) is 0.897. The average Bonchev–Trinajstić information content (AvgIpc) is 3.29. The lowest BCUT2D eigenvalue weighted by Gasteiger charge is -2.22. The van der Waals surface area contributed by atoms with Gasteiger partial charge >= 0.3 is 0 Å². The number of hydrogen-bond acceptors (Lipinski definition) is 5. The Morgan fingerprint density at radius 2 is 2.12 bits per heavy atom. The van der Waals surface area contributed by atoms with E-state index >= 15 is 0 Å². The Morgan fingerprint density at radius 3 is 2.72 bits per heavy atom. The van der Waals surface area contributed by atoms with Gasteiger partial charge in [0.1, 0.15) is 0 Å². The Labute approximate surface area is 148 Å². The molecule has 25 heavy (non-hydrogen) atoms. The molecule has 0 spiro atoms. The van der Waals surface area contributed by atoms with Crippen molar-refractivity contribution in [1.29, 1.82) is 0 Å². The van der Waals surface area contributed by atoms with E-state index in [9.17, 15) is 4.79 Å². The molecule has 1 fully saturated rings. The molecular formula is C17H27N7O. The highest BCUT2D eigenvalue weighted by atomic mass is 16.2. The topological polar surface area (TPSA) is 94.9 Å². The molecule has 1 unspecified atom stereocenters. The molecule has 3 rings (SSSR count). The Kier molecular flexibility index (Phi) is 4.78. The minimum Gasteiger partial charge on any atom is -0.368 e. The molecule has 0 aliphatic carbocycles. The minimum atomic E-state index is -0.119. The maximum Gasteiger partial charge on any atom is 0.257 e. The van der Waals surface area contributed by atoms with Crippen LogP contribution in [0.2, 0.25) is 0 Å². The number of aromatic nitrogens is 5. The molecule has 8 heteroatoms. The van der Waals surface area contributed by atoms with Crippen molar-refractivity contribution in [2.45, 2.75) is 58.5 Å². The van der Waals surface area contributed by atoms with E-state index in [1.165, 1.54) is 0 Å². The Balaban J connectivity index is 1.87. The van der Waals surface area contributed by atoms with E-state index in [2.05, 4.69) is 29.0 Å². The van der Waals surface area contributed by atoms with Gasteiger partial charge in [0.05, 0.1) is 23.8 Å². The van der Waals surface area contributed by atoms with Crippen LogP contribution in [-0.4, -0.2) is 41.9 Å². The fourth-order valence-corrected chi connectivity index (χ4v) is 3.63. The predicted octanol–water partition coefficient (Wildman–Crippen LogP) is 2.24. The minimum absolute atomic E-state index is 0.00299. The summed E-state index contributed by atoms with van der Waals surface area (Å²) in [6.07, 6.45) is 5.49. The number of nitrogen functional groups attached to an aromatic ring is 1. The third-order valence-corrected chi connectivity index (χ3v) is 5.19. The van der Waals surface area contributed by atoms with Crippen molar-refractivity contribution >= 4 is 11.9 Å². The van der Waals surface area contributed by atoms with Crippen molar-refractivity contribution < 1.29 is 4.79 Å². The molecule has 1 amide bonds. The zero-order valence-electron chi connectivity index (χ0n) is 15.4. The maximum absolute atomic E-state index is 13.1. The van der Waals surface area contributed by atoms with Crippen LogP contribution < -0.4 is 5.73 Å². The van der Waals surface area contributed by atoms with Gasteiger partial charge in [-0.2, -0.15) is 15.2 Å². The molecular weight excluding hydrogens is 318 g/mol. The van der Waals surface area contributed by atoms with Crippen molar-refractivity contribution in [3.05, 3.63) is 23.3 Å². The van der Waals surface area contributed by atoms with Crippen molar-refractivity contribution in [1.82, 2.24) is 29.4 Å². The summed E-state index contributed by atoms with van der Waals surface area (Å²) in [5.74, 6) is 0.992. The molecule has 136 valence electrons. The van der Waals surface area contributed by atoms with E-state index in [0.717, 1.165) is 31.4 Å². The predicted molar refractivity (Wildman–Crippen MR) is 95.0 cm³/mol. The second-order valence-electron chi connectivity index (χ2n) is 6.67. The second-order valence-corrected chi connectivity index (χ2v) is 6.67. The second kappa shape index (κ2) is 6.85. The molecule has 2 N–H and O–H groups in total. The molecule has 0 saturated carbocycles. The van der Waals surface area contributed by atoms with Crippen LogP contribution in [0.1, 0.15) is 73.5 Å². The number of carbonyl (C=O) groups excluding carboxylic acids is 1. The van der Waals surface area contributed by atoms with Crippen LogP contribution >= 0.6 is 0 Å². The first-order chi connectivity index (χ1) is 12.0. The van der Waals surface area contributed by atoms with Gasteiger partial charge in [-0.15, -0.1) is 0 Å². The summed E-state index contributed by atoms with van der Waals surface area (Å²) >= 11 is 0. The normalized spacial score (nSPS) is 17.6. The lowest BCUT2D eigenvalue weighted by molar-refractivity contribution is 0.0728. The Bertz CT molecular complexity index is 740. The lowest BCUT2D eigenvalue weighted by atomic mass is 10.1.